The van der Waals surface area contributed by atoms with E-state index in [4.69, 9.17) is 4.98 Å². The van der Waals surface area contributed by atoms with Gasteiger partial charge in [0.1, 0.15) is 11.0 Å². The van der Waals surface area contributed by atoms with Crippen LogP contribution in [-0.2, 0) is 39.8 Å². The van der Waals surface area contributed by atoms with Gasteiger partial charge in [-0.2, -0.15) is 0 Å². The number of nitrogens with one attached hydrogen (secondary N) is 3. The van der Waals surface area contributed by atoms with Crippen molar-refractivity contribution in [3.8, 4) is 0 Å². The van der Waals surface area contributed by atoms with Gasteiger partial charge in [0.15, 0.2) is 22.7 Å². The highest BCUT2D eigenvalue weighted by Crippen LogP contribution is 2.39. The summed E-state index contributed by atoms with van der Waals surface area (Å²) in [6, 6.07) is 69.0. The minimum Gasteiger partial charge on any atom is -0.371 e. The molecule has 4 atom stereocenters. The molecule has 0 radical (unpaired) electrons. The van der Waals surface area contributed by atoms with E-state index in [1.54, 1.807) is 63.7 Å². The fourth-order valence-electron chi connectivity index (χ4n) is 16.6. The molecule has 0 fully saturated rings. The van der Waals surface area contributed by atoms with E-state index < -0.39 is 0 Å². The van der Waals surface area contributed by atoms with Crippen molar-refractivity contribution in [2.75, 3.05) is 65.6 Å². The van der Waals surface area contributed by atoms with Crippen LogP contribution in [0.15, 0.2) is 292 Å². The molecule has 0 aliphatic carbocycles. The topological polar surface area (TPSA) is 244 Å². The van der Waals surface area contributed by atoms with Gasteiger partial charge in [-0.3, -0.25) is 39.5 Å². The number of pyridine rings is 10. The van der Waals surface area contributed by atoms with Crippen LogP contribution in [0, 0.1) is 0 Å². The molecule has 6 aromatic carbocycles. The Balaban J connectivity index is 0.000000288. The largest absolute Gasteiger partial charge is 0.371 e. The molecule has 0 bridgehead atoms. The number of rotatable bonds is 5. The monoisotopic (exact) mass is 2100 g/mol. The van der Waals surface area contributed by atoms with Crippen LogP contribution in [0.4, 0.5) is 28.7 Å². The van der Waals surface area contributed by atoms with Gasteiger partial charge >= 0.3 is 0 Å². The molecule has 22 rings (SSSR count). The maximum absolute atomic E-state index is 12.1. The second-order valence-corrected chi connectivity index (χ2v) is 33.3. The third-order valence-corrected chi connectivity index (χ3v) is 24.3. The van der Waals surface area contributed by atoms with Gasteiger partial charge < -0.3 is 39.8 Å². The summed E-state index contributed by atoms with van der Waals surface area (Å²) in [4.78, 5) is 83.1. The maximum Gasteiger partial charge on any atom is 0.279 e. The molecule has 16 heterocycles. The summed E-state index contributed by atoms with van der Waals surface area (Å²) in [5, 5.41) is 16.3. The van der Waals surface area contributed by atoms with E-state index in [1.807, 2.05) is 192 Å². The normalized spacial score (nSPS) is 13.8. The zero-order valence-corrected chi connectivity index (χ0v) is 90.2. The summed E-state index contributed by atoms with van der Waals surface area (Å²) < 4.78 is 5.65. The Kier molecular flexibility index (Phi) is 51.9. The van der Waals surface area contributed by atoms with Gasteiger partial charge in [-0.1, -0.05) is 267 Å². The van der Waals surface area contributed by atoms with Gasteiger partial charge in [0, 0.05) is 143 Å². The molecule has 4 aliphatic heterocycles. The third-order valence-electron chi connectivity index (χ3n) is 23.0. The van der Waals surface area contributed by atoms with E-state index in [-0.39, 0.29) is 39.4 Å². The predicted molar refractivity (Wildman–Crippen MR) is 620 cm³/mol. The van der Waals surface area contributed by atoms with Crippen molar-refractivity contribution in [1.82, 2.24) is 74.3 Å². The lowest BCUT2D eigenvalue weighted by Gasteiger charge is -2.37. The van der Waals surface area contributed by atoms with Gasteiger partial charge in [-0.25, -0.2) is 29.9 Å². The molecule has 0 amide bonds. The number of fused-ring (bicyclic) bond motifs is 14. The lowest BCUT2D eigenvalue weighted by atomic mass is 9.93. The fraction of sp³-hybridized carbons (Fsp3) is 0.333. The Morgan fingerprint density at radius 2 is 0.606 bits per heavy atom. The van der Waals surface area contributed by atoms with E-state index in [2.05, 4.69) is 307 Å². The summed E-state index contributed by atoms with van der Waals surface area (Å²) >= 11 is 10.1. The van der Waals surface area contributed by atoms with E-state index in [0.717, 1.165) is 142 Å². The molecule has 25 heteroatoms. The van der Waals surface area contributed by atoms with Crippen LogP contribution in [0.25, 0.3) is 87.5 Å². The molecule has 0 saturated heterocycles. The predicted octanol–water partition coefficient (Wildman–Crippen LogP) is 30.2. The molecule has 752 valence electrons. The minimum atomic E-state index is -0.127. The molecule has 4 unspecified atom stereocenters. The highest BCUT2D eigenvalue weighted by Gasteiger charge is 2.28. The summed E-state index contributed by atoms with van der Waals surface area (Å²) in [7, 11) is 7.05. The number of nitrogens with zero attached hydrogens (tertiary/aromatic N) is 17. The first kappa shape index (κ1) is 120. The summed E-state index contributed by atoms with van der Waals surface area (Å²) in [6.07, 6.45) is 25.5. The first-order chi connectivity index (χ1) is 67.9. The maximum atomic E-state index is 12.1. The first-order valence-electron chi connectivity index (χ1n) is 49.0. The van der Waals surface area contributed by atoms with E-state index >= 15 is 0 Å². The summed E-state index contributed by atoms with van der Waals surface area (Å²) in [5.41, 5.74) is 22.4. The smallest absolute Gasteiger partial charge is 0.279 e. The molecular weight excluding hydrogens is 1960 g/mol. The van der Waals surface area contributed by atoms with Crippen molar-refractivity contribution in [3.63, 3.8) is 0 Å². The van der Waals surface area contributed by atoms with Crippen LogP contribution in [0.2, 0.25) is 0 Å². The molecule has 3 N–H and O–H groups in total. The SMILES string of the molecule is Brc1cnc2c(ccc3cccnc32)c1.C.C.C.CC.CC.CC.CC.CC.CC.CC.CC.CC1NCCc2ccccc21.CC1c2ccccc2CCN1c1cnc2c(=O)n(C)cnc2c1.CC1c2ccccc2CCN1c1cnc2c(ccc3cccnc32)c1.CNc1nccc2cc(Br)cnc12.CNc1nccc2cc(N3CCc4ccccc4C3C)cnc12.Cn1cnc2cc(Br)cnc2c1=O. The Labute approximate surface area is 869 Å². The van der Waals surface area contributed by atoms with Crippen molar-refractivity contribution in [2.24, 2.45) is 14.1 Å². The number of anilines is 5. The number of hydrogen-bond acceptors (Lipinski definition) is 20. The molecule has 18 aromatic rings. The summed E-state index contributed by atoms with van der Waals surface area (Å²) in [5.74, 6) is 1.64. The van der Waals surface area contributed by atoms with Crippen LogP contribution in [0.1, 0.15) is 229 Å². The number of benzene rings is 6. The van der Waals surface area contributed by atoms with Gasteiger partial charge in [-0.05, 0) is 213 Å². The Morgan fingerprint density at radius 3 is 1.01 bits per heavy atom. The number of aromatic nitrogens is 14. The van der Waals surface area contributed by atoms with Crippen molar-refractivity contribution in [1.29, 1.82) is 0 Å². The first-order valence-corrected chi connectivity index (χ1v) is 51.4. The van der Waals surface area contributed by atoms with Crippen molar-refractivity contribution in [2.45, 2.75) is 211 Å². The summed E-state index contributed by atoms with van der Waals surface area (Å²) in [6.45, 7) is 45.1. The lowest BCUT2D eigenvalue weighted by molar-refractivity contribution is 0.541. The third kappa shape index (κ3) is 29.9. The van der Waals surface area contributed by atoms with E-state index in [1.165, 1.54) is 77.8 Å². The van der Waals surface area contributed by atoms with Crippen molar-refractivity contribution in [3.05, 3.63) is 347 Å². The number of hydrogen-bond donors (Lipinski definition) is 3. The van der Waals surface area contributed by atoms with Crippen LogP contribution >= 0.6 is 47.8 Å². The lowest BCUT2D eigenvalue weighted by Crippen LogP contribution is -2.34. The molecular formula is C117H151Br3N20O2. The fourth-order valence-corrected chi connectivity index (χ4v) is 17.6. The quantitative estimate of drug-likeness (QED) is 0.136. The molecule has 142 heavy (non-hydrogen) atoms. The Hall–Kier alpha value is -12.9. The second kappa shape index (κ2) is 61.7. The van der Waals surface area contributed by atoms with Gasteiger partial charge in [-0.15, -0.1) is 0 Å². The van der Waals surface area contributed by atoms with Gasteiger partial charge in [0.25, 0.3) is 11.1 Å². The molecule has 12 aromatic heterocycles. The van der Waals surface area contributed by atoms with E-state index in [0.29, 0.717) is 40.2 Å². The van der Waals surface area contributed by atoms with Crippen LogP contribution in [0.5, 0.6) is 0 Å². The highest BCUT2D eigenvalue weighted by atomic mass is 79.9. The Morgan fingerprint density at radius 1 is 0.303 bits per heavy atom. The standard InChI is InChI=1S/C22H19N3.C19H20N4.C18H18N4O.C12H7BrN2.C10H13N.C9H8BrN3.C8H6BrN3O.8C2H6.3CH4/c1-15-20-7-3-2-5-16(20)10-12-25(15)19-13-18-9-8-17-6-4-11-23-21(17)22(18)24-14-19;1-13-17-6-4-3-5-14(17)8-10-23(13)16-11-15-7-9-21-19(20-2)18(15)22-12-16;1-12-15-6-4-3-5-13(15)7-8-22(12)14-9-16-17(19-10-14)18(23)21(2)11-20-16;13-10-6-9-4-3-8-2-1-5-14-11(8)12(9)15-7-10;1-8-10-5-3-2-4-9(10)6-7-11-8;1-11-9-8-6(2-3-12-9)4-7(10)5-13-8;1-12-4-11-6-2-5(9)3-10-7(6)8(12)13;8*1-2;;;/h2-9,11,13-15H,10,12H2,1H3;3-7,9,11-13H,8,10H2,1-2H3,(H,20,21);3-6,9-12H,7-8H2,1-2H3;1-7H;2-5,8,11H,6-7H2,1H3;2-5H,1H3,(H,11,12);2-4H,1H3;8*1-2H3;3*1H4. The molecule has 0 saturated carbocycles. The van der Waals surface area contributed by atoms with Crippen LogP contribution in [-0.4, -0.2) is 109 Å². The zero-order chi connectivity index (χ0) is 101. The minimum absolute atomic E-state index is 0. The van der Waals surface area contributed by atoms with Crippen LogP contribution in [0.3, 0.4) is 0 Å². The molecule has 22 nitrogen and oxygen atoms in total. The van der Waals surface area contributed by atoms with Crippen molar-refractivity contribution < 1.29 is 0 Å². The number of halogens is 3. The zero-order valence-electron chi connectivity index (χ0n) is 85.4. The van der Waals surface area contributed by atoms with E-state index in [9.17, 15) is 9.59 Å². The molecule has 4 aliphatic rings. The highest BCUT2D eigenvalue weighted by molar-refractivity contribution is 9.11. The van der Waals surface area contributed by atoms with Crippen LogP contribution < -0.4 is 41.8 Å². The average molecular weight is 2110 g/mol. The number of aryl methyl sites for hydroxylation is 2. The van der Waals surface area contributed by atoms with Crippen molar-refractivity contribution >= 4 is 164 Å². The molecule has 0 spiro atoms. The second-order valence-electron chi connectivity index (χ2n) is 30.6. The van der Waals surface area contributed by atoms with Gasteiger partial charge in [0.2, 0.25) is 0 Å². The Bertz CT molecular complexity index is 7040. The van der Waals surface area contributed by atoms with Gasteiger partial charge in [0.05, 0.1) is 99.5 Å². The average Bonchev–Trinajstić information content (AvgIpc) is 0.775.